The van der Waals surface area contributed by atoms with Crippen LogP contribution in [-0.2, 0) is 29.1 Å². The number of phenolic OH excluding ortho intramolecular Hbond substituents is 1. The van der Waals surface area contributed by atoms with E-state index in [2.05, 4.69) is 16.0 Å². The molecule has 204 valence electrons. The molecule has 0 aliphatic carbocycles. The van der Waals surface area contributed by atoms with E-state index in [4.69, 9.17) is 11.1 Å². The Morgan fingerprint density at radius 2 is 1.42 bits per heavy atom. The Kier molecular flexibility index (Phi) is 13.9. The largest absolute Gasteiger partial charge is 0.508 e. The molecule has 0 aromatic heterocycles. The maximum atomic E-state index is 13.1. The number of nitrogens with two attached hydrogens (primary N) is 1. The van der Waals surface area contributed by atoms with Gasteiger partial charge in [-0.1, -0.05) is 66.7 Å². The highest BCUT2D eigenvalue weighted by molar-refractivity contribution is 5.95. The van der Waals surface area contributed by atoms with Crippen LogP contribution in [0.3, 0.4) is 0 Å². The molecule has 8 nitrogen and oxygen atoms in total. The minimum absolute atomic E-state index is 0. The van der Waals surface area contributed by atoms with Gasteiger partial charge in [-0.05, 0) is 48.6 Å². The molecule has 0 aliphatic rings. The van der Waals surface area contributed by atoms with Crippen LogP contribution in [-0.4, -0.2) is 34.8 Å². The van der Waals surface area contributed by atoms with Gasteiger partial charge in [0.1, 0.15) is 17.6 Å². The van der Waals surface area contributed by atoms with E-state index < -0.39 is 12.1 Å². The van der Waals surface area contributed by atoms with E-state index in [-0.39, 0.29) is 48.2 Å². The summed E-state index contributed by atoms with van der Waals surface area (Å²) < 4.78 is 0. The fourth-order valence-corrected chi connectivity index (χ4v) is 3.66. The molecule has 0 aliphatic heterocycles. The minimum atomic E-state index is -0.719. The van der Waals surface area contributed by atoms with Gasteiger partial charge in [0.15, 0.2) is 0 Å². The highest BCUT2D eigenvalue weighted by Crippen LogP contribution is 2.11. The van der Waals surface area contributed by atoms with Gasteiger partial charge in [-0.25, -0.2) is 0 Å². The lowest BCUT2D eigenvalue weighted by Gasteiger charge is -2.21. The maximum Gasteiger partial charge on any atom is 0.242 e. The van der Waals surface area contributed by atoms with E-state index in [1.165, 1.54) is 0 Å². The predicted octanol–water partition coefficient (Wildman–Crippen LogP) is 3.43. The summed E-state index contributed by atoms with van der Waals surface area (Å²) in [5.74, 6) is -0.368. The summed E-state index contributed by atoms with van der Waals surface area (Å²) in [6.45, 7) is 2.40. The van der Waals surface area contributed by atoms with Gasteiger partial charge >= 0.3 is 0 Å². The Morgan fingerprint density at radius 1 is 0.842 bits per heavy atom. The van der Waals surface area contributed by atoms with Crippen molar-refractivity contribution >= 4 is 42.5 Å². The van der Waals surface area contributed by atoms with Crippen LogP contribution in [0.4, 0.5) is 0 Å². The number of carbonyl (C=O) groups excluding carboxylic acids is 2. The lowest BCUT2D eigenvalue weighted by molar-refractivity contribution is -0.129. The highest BCUT2D eigenvalue weighted by Gasteiger charge is 2.22. The van der Waals surface area contributed by atoms with Crippen molar-refractivity contribution in [2.75, 3.05) is 0 Å². The van der Waals surface area contributed by atoms with E-state index in [0.29, 0.717) is 31.5 Å². The lowest BCUT2D eigenvalue weighted by atomic mass is 10.0. The van der Waals surface area contributed by atoms with Crippen LogP contribution in [0.1, 0.15) is 35.6 Å². The van der Waals surface area contributed by atoms with Crippen molar-refractivity contribution in [2.24, 2.45) is 5.73 Å². The minimum Gasteiger partial charge on any atom is -0.508 e. The number of nitrogens with one attached hydrogen (secondary N) is 4. The summed E-state index contributed by atoms with van der Waals surface area (Å²) in [5, 5.41) is 25.9. The second-order valence-corrected chi connectivity index (χ2v) is 8.68. The molecule has 0 saturated heterocycles. The first-order chi connectivity index (χ1) is 17.3. The van der Waals surface area contributed by atoms with Gasteiger partial charge in [0, 0.05) is 18.7 Å². The third-order valence-corrected chi connectivity index (χ3v) is 5.85. The number of rotatable bonds is 12. The van der Waals surface area contributed by atoms with Gasteiger partial charge in [-0.3, -0.25) is 15.0 Å². The molecule has 0 bridgehead atoms. The SMILES string of the molecule is C[C@H](NC(=O)[C@@H](CCc1ccccc1)NCc1ccc(O)cc1)C(=O)NCc1ccc(C(=N)N)cc1.Cl.Cl. The van der Waals surface area contributed by atoms with E-state index >= 15 is 0 Å². The molecule has 2 atom stereocenters. The maximum absolute atomic E-state index is 13.1. The molecule has 2 amide bonds. The van der Waals surface area contributed by atoms with Crippen molar-refractivity contribution < 1.29 is 14.7 Å². The zero-order valence-electron chi connectivity index (χ0n) is 21.1. The third kappa shape index (κ3) is 10.4. The fourth-order valence-electron chi connectivity index (χ4n) is 3.66. The lowest BCUT2D eigenvalue weighted by Crippen LogP contribution is -2.51. The number of amidine groups is 1. The second-order valence-electron chi connectivity index (χ2n) is 8.68. The standard InChI is InChI=1S/C28H33N5O3.2ClH/c1-19(27(35)32-18-21-7-12-23(13-8-21)26(29)30)33-28(36)25(16-11-20-5-3-2-4-6-20)31-17-22-9-14-24(34)15-10-22;;/h2-10,12-15,19,25,31,34H,11,16-18H2,1H3,(H3,29,30)(H,32,35)(H,33,36);2*1H/t19-,25+;;/m0../s1. The van der Waals surface area contributed by atoms with Crippen LogP contribution in [0.15, 0.2) is 78.9 Å². The zero-order chi connectivity index (χ0) is 25.9. The summed E-state index contributed by atoms with van der Waals surface area (Å²) >= 11 is 0. The Labute approximate surface area is 235 Å². The molecule has 3 aromatic rings. The van der Waals surface area contributed by atoms with Crippen LogP contribution >= 0.6 is 24.8 Å². The molecule has 0 spiro atoms. The molecule has 0 fully saturated rings. The summed E-state index contributed by atoms with van der Waals surface area (Å²) in [7, 11) is 0. The Balaban J connectivity index is 0.00000361. The average molecular weight is 561 g/mol. The number of carbonyl (C=O) groups is 2. The predicted molar refractivity (Wildman–Crippen MR) is 155 cm³/mol. The topological polar surface area (TPSA) is 140 Å². The Morgan fingerprint density at radius 3 is 2.03 bits per heavy atom. The molecule has 10 heteroatoms. The van der Waals surface area contributed by atoms with Crippen molar-refractivity contribution in [3.8, 4) is 5.75 Å². The van der Waals surface area contributed by atoms with E-state index in [0.717, 1.165) is 16.7 Å². The summed E-state index contributed by atoms with van der Waals surface area (Å²) in [4.78, 5) is 25.7. The van der Waals surface area contributed by atoms with Gasteiger partial charge < -0.3 is 26.8 Å². The quantitative estimate of drug-likeness (QED) is 0.149. The molecule has 3 aromatic carbocycles. The van der Waals surface area contributed by atoms with Crippen LogP contribution < -0.4 is 21.7 Å². The van der Waals surface area contributed by atoms with Crippen LogP contribution in [0, 0.1) is 5.41 Å². The number of hydrogen-bond acceptors (Lipinski definition) is 5. The molecule has 0 saturated carbocycles. The van der Waals surface area contributed by atoms with Gasteiger partial charge in [-0.15, -0.1) is 24.8 Å². The molecule has 38 heavy (non-hydrogen) atoms. The van der Waals surface area contributed by atoms with E-state index in [9.17, 15) is 14.7 Å². The number of halogens is 2. The Hall–Kier alpha value is -3.59. The molecule has 0 unspecified atom stereocenters. The first-order valence-corrected chi connectivity index (χ1v) is 11.9. The van der Waals surface area contributed by atoms with Gasteiger partial charge in [0.05, 0.1) is 6.04 Å². The molecule has 7 N–H and O–H groups in total. The van der Waals surface area contributed by atoms with Crippen molar-refractivity contribution in [3.05, 3.63) is 101 Å². The highest BCUT2D eigenvalue weighted by atomic mass is 35.5. The summed E-state index contributed by atoms with van der Waals surface area (Å²) in [5.41, 5.74) is 9.02. The first-order valence-electron chi connectivity index (χ1n) is 11.9. The van der Waals surface area contributed by atoms with Crippen molar-refractivity contribution in [3.63, 3.8) is 0 Å². The van der Waals surface area contributed by atoms with Crippen molar-refractivity contribution in [1.29, 1.82) is 5.41 Å². The number of amides is 2. The summed E-state index contributed by atoms with van der Waals surface area (Å²) in [6, 6.07) is 22.6. The third-order valence-electron chi connectivity index (χ3n) is 5.85. The van der Waals surface area contributed by atoms with Crippen LogP contribution in [0.25, 0.3) is 0 Å². The van der Waals surface area contributed by atoms with Crippen LogP contribution in [0.5, 0.6) is 5.75 Å². The number of phenols is 1. The molecular weight excluding hydrogens is 525 g/mol. The zero-order valence-corrected chi connectivity index (χ0v) is 22.8. The van der Waals surface area contributed by atoms with E-state index in [1.54, 1.807) is 55.5 Å². The number of nitrogen functional groups attached to an aromatic ring is 1. The number of benzene rings is 3. The van der Waals surface area contributed by atoms with Gasteiger partial charge in [0.25, 0.3) is 0 Å². The van der Waals surface area contributed by atoms with Crippen LogP contribution in [0.2, 0.25) is 0 Å². The molecule has 0 heterocycles. The van der Waals surface area contributed by atoms with Crippen molar-refractivity contribution in [2.45, 2.75) is 44.9 Å². The smallest absolute Gasteiger partial charge is 0.242 e. The number of aromatic hydroxyl groups is 1. The van der Waals surface area contributed by atoms with Crippen molar-refractivity contribution in [1.82, 2.24) is 16.0 Å². The van der Waals surface area contributed by atoms with E-state index in [1.807, 2.05) is 30.3 Å². The second kappa shape index (κ2) is 16.3. The average Bonchev–Trinajstić information content (AvgIpc) is 2.89. The molecule has 0 radical (unpaired) electrons. The molecule has 3 rings (SSSR count). The van der Waals surface area contributed by atoms with Gasteiger partial charge in [0.2, 0.25) is 11.8 Å². The summed E-state index contributed by atoms with van der Waals surface area (Å²) in [6.07, 6.45) is 1.27. The number of aryl methyl sites for hydroxylation is 1. The fraction of sp³-hybridized carbons (Fsp3) is 0.250. The monoisotopic (exact) mass is 559 g/mol. The number of hydrogen-bond donors (Lipinski definition) is 6. The normalized spacial score (nSPS) is 11.7. The first kappa shape index (κ1) is 32.4. The van der Waals surface area contributed by atoms with Gasteiger partial charge in [-0.2, -0.15) is 0 Å². The Bertz CT molecular complexity index is 1160. The molecular formula is C28H35Cl2N5O3.